The van der Waals surface area contributed by atoms with Crippen molar-refractivity contribution in [2.24, 2.45) is 0 Å². The molecule has 10 heteroatoms. The second-order valence-electron chi connectivity index (χ2n) is 9.19. The Labute approximate surface area is 174 Å². The number of nitro benzene ring substituents is 1. The van der Waals surface area contributed by atoms with Gasteiger partial charge >= 0.3 is 5.97 Å². The molecular weight excluding hydrogens is 410 g/mol. The molecule has 8 nitrogen and oxygen atoms in total. The third kappa shape index (κ3) is 11.1. The number of ether oxygens (including phenoxy) is 4. The van der Waals surface area contributed by atoms with Crippen LogP contribution in [0.2, 0.25) is 51.4 Å². The van der Waals surface area contributed by atoms with Crippen LogP contribution in [0.4, 0.5) is 5.69 Å². The number of carbonyl (C=O) groups excluding carboxylic acids is 1. The van der Waals surface area contributed by atoms with Gasteiger partial charge in [-0.25, -0.2) is 4.79 Å². The van der Waals surface area contributed by atoms with Gasteiger partial charge in [0.05, 0.1) is 11.0 Å². The quantitative estimate of drug-likeness (QED) is 0.108. The first-order valence-electron chi connectivity index (χ1n) is 9.63. The van der Waals surface area contributed by atoms with E-state index in [2.05, 4.69) is 39.3 Å². The smallest absolute Gasteiger partial charge is 0.344 e. The Morgan fingerprint density at radius 3 is 2.03 bits per heavy atom. The van der Waals surface area contributed by atoms with Crippen LogP contribution in [0.25, 0.3) is 0 Å². The monoisotopic (exact) mass is 443 g/mol. The molecule has 0 radical (unpaired) electrons. The van der Waals surface area contributed by atoms with E-state index in [1.807, 2.05) is 0 Å². The van der Waals surface area contributed by atoms with Gasteiger partial charge in [-0.05, 0) is 18.2 Å². The van der Waals surface area contributed by atoms with Crippen molar-refractivity contribution >= 4 is 27.8 Å². The standard InChI is InChI=1S/C19H33NO7Si2/c1-28(2,3)11-9-24-14-26-18-13-16(20(22)23)7-8-17(18)19(21)27-15-25-10-12-29(4,5)6/h7-8,13H,9-12,14-15H2,1-6H3. The van der Waals surface area contributed by atoms with Gasteiger partial charge in [0.25, 0.3) is 5.69 Å². The SMILES string of the molecule is C[Si](C)(C)CCOCOC(=O)c1ccc([N+](=O)[O-])cc1OCOCC[Si](C)(C)C. The molecule has 1 rings (SSSR count). The predicted molar refractivity (Wildman–Crippen MR) is 117 cm³/mol. The van der Waals surface area contributed by atoms with Crippen LogP contribution in [0, 0.1) is 10.1 Å². The van der Waals surface area contributed by atoms with Crippen molar-refractivity contribution in [1.29, 1.82) is 0 Å². The van der Waals surface area contributed by atoms with E-state index < -0.39 is 27.0 Å². The topological polar surface area (TPSA) is 97.1 Å². The number of carbonyl (C=O) groups is 1. The molecule has 0 heterocycles. The zero-order chi connectivity index (χ0) is 22.1. The number of benzene rings is 1. The van der Waals surface area contributed by atoms with Crippen molar-refractivity contribution in [2.75, 3.05) is 26.8 Å². The van der Waals surface area contributed by atoms with Crippen LogP contribution in [0.1, 0.15) is 10.4 Å². The fraction of sp³-hybridized carbons (Fsp3) is 0.632. The average molecular weight is 444 g/mol. The Kier molecular flexibility index (Phi) is 9.97. The van der Waals surface area contributed by atoms with Gasteiger partial charge in [-0.15, -0.1) is 0 Å². The highest BCUT2D eigenvalue weighted by Crippen LogP contribution is 2.26. The van der Waals surface area contributed by atoms with Gasteiger partial charge in [0.1, 0.15) is 11.3 Å². The molecule has 0 saturated carbocycles. The number of hydrogen-bond acceptors (Lipinski definition) is 7. The van der Waals surface area contributed by atoms with Crippen LogP contribution in [-0.2, 0) is 14.2 Å². The molecule has 0 saturated heterocycles. The summed E-state index contributed by atoms with van der Waals surface area (Å²) in [7, 11) is -2.45. The van der Waals surface area contributed by atoms with E-state index in [1.165, 1.54) is 18.2 Å². The molecule has 0 N–H and O–H groups in total. The van der Waals surface area contributed by atoms with Crippen molar-refractivity contribution in [3.63, 3.8) is 0 Å². The molecule has 0 aliphatic heterocycles. The Balaban J connectivity index is 2.65. The number of hydrogen-bond donors (Lipinski definition) is 0. The lowest BCUT2D eigenvalue weighted by atomic mass is 10.2. The highest BCUT2D eigenvalue weighted by Gasteiger charge is 2.19. The summed E-state index contributed by atoms with van der Waals surface area (Å²) in [4.78, 5) is 22.8. The van der Waals surface area contributed by atoms with Crippen molar-refractivity contribution < 1.29 is 28.7 Å². The highest BCUT2D eigenvalue weighted by atomic mass is 28.3. The Morgan fingerprint density at radius 1 is 0.966 bits per heavy atom. The van der Waals surface area contributed by atoms with Gasteiger partial charge < -0.3 is 18.9 Å². The van der Waals surface area contributed by atoms with Crippen LogP contribution < -0.4 is 4.74 Å². The molecule has 0 unspecified atom stereocenters. The predicted octanol–water partition coefficient (Wildman–Crippen LogP) is 4.76. The summed E-state index contributed by atoms with van der Waals surface area (Å²) in [5.74, 6) is -0.607. The summed E-state index contributed by atoms with van der Waals surface area (Å²) < 4.78 is 21.4. The summed E-state index contributed by atoms with van der Waals surface area (Å²) >= 11 is 0. The molecule has 0 fully saturated rings. The lowest BCUT2D eigenvalue weighted by molar-refractivity contribution is -0.385. The number of nitrogens with zero attached hydrogens (tertiary/aromatic N) is 1. The van der Waals surface area contributed by atoms with Crippen molar-refractivity contribution in [3.8, 4) is 5.75 Å². The minimum atomic E-state index is -1.23. The van der Waals surface area contributed by atoms with Crippen LogP contribution in [0.3, 0.4) is 0 Å². The molecule has 0 atom stereocenters. The largest absolute Gasteiger partial charge is 0.466 e. The molecule has 0 spiro atoms. The summed E-state index contributed by atoms with van der Waals surface area (Å²) in [6, 6.07) is 5.69. The fourth-order valence-electron chi connectivity index (χ4n) is 2.07. The minimum absolute atomic E-state index is 0.0549. The zero-order valence-electron chi connectivity index (χ0n) is 18.3. The second kappa shape index (κ2) is 11.4. The maximum Gasteiger partial charge on any atom is 0.344 e. The number of non-ortho nitro benzene ring substituents is 1. The lowest BCUT2D eigenvalue weighted by Gasteiger charge is -2.16. The van der Waals surface area contributed by atoms with E-state index in [0.717, 1.165) is 12.1 Å². The molecular formula is C19H33NO7Si2. The first kappa shape index (κ1) is 25.3. The minimum Gasteiger partial charge on any atom is -0.466 e. The van der Waals surface area contributed by atoms with Crippen molar-refractivity contribution in [1.82, 2.24) is 0 Å². The van der Waals surface area contributed by atoms with E-state index >= 15 is 0 Å². The Hall–Kier alpha value is -1.76. The van der Waals surface area contributed by atoms with Gasteiger partial charge in [0.15, 0.2) is 13.6 Å². The first-order valence-corrected chi connectivity index (χ1v) is 17.0. The average Bonchev–Trinajstić information content (AvgIpc) is 2.58. The van der Waals surface area contributed by atoms with Crippen LogP contribution in [0.5, 0.6) is 5.75 Å². The van der Waals surface area contributed by atoms with Gasteiger partial charge in [0.2, 0.25) is 0 Å². The number of rotatable bonds is 13. The summed E-state index contributed by atoms with van der Waals surface area (Å²) in [5.41, 5.74) is -0.0803. The molecule has 0 aliphatic carbocycles. The number of esters is 1. The van der Waals surface area contributed by atoms with Gasteiger partial charge in [0, 0.05) is 35.4 Å². The lowest BCUT2D eigenvalue weighted by Crippen LogP contribution is -2.22. The molecule has 0 amide bonds. The molecule has 0 bridgehead atoms. The van der Waals surface area contributed by atoms with Gasteiger partial charge in [-0.1, -0.05) is 39.3 Å². The summed E-state index contributed by atoms with van der Waals surface area (Å²) in [6.45, 7) is 14.2. The maximum absolute atomic E-state index is 12.3. The van der Waals surface area contributed by atoms with Crippen molar-refractivity contribution in [2.45, 2.75) is 51.4 Å². The zero-order valence-corrected chi connectivity index (χ0v) is 20.3. The van der Waals surface area contributed by atoms with E-state index in [4.69, 9.17) is 18.9 Å². The molecule has 1 aromatic rings. The summed E-state index contributed by atoms with van der Waals surface area (Å²) in [6.07, 6.45) is 0. The van der Waals surface area contributed by atoms with Crippen molar-refractivity contribution in [3.05, 3.63) is 33.9 Å². The molecule has 0 aliphatic rings. The summed E-state index contributed by atoms with van der Waals surface area (Å²) in [5, 5.41) is 11.0. The van der Waals surface area contributed by atoms with Crippen LogP contribution in [0.15, 0.2) is 18.2 Å². The first-order chi connectivity index (χ1) is 13.4. The Bertz CT molecular complexity index is 684. The van der Waals surface area contributed by atoms with E-state index in [-0.39, 0.29) is 30.6 Å². The van der Waals surface area contributed by atoms with E-state index in [0.29, 0.717) is 13.2 Å². The number of nitro groups is 1. The third-order valence-corrected chi connectivity index (χ3v) is 7.37. The van der Waals surface area contributed by atoms with Gasteiger partial charge in [-0.2, -0.15) is 0 Å². The normalized spacial score (nSPS) is 11.9. The maximum atomic E-state index is 12.3. The van der Waals surface area contributed by atoms with Crippen LogP contribution >= 0.6 is 0 Å². The van der Waals surface area contributed by atoms with Gasteiger partial charge in [-0.3, -0.25) is 10.1 Å². The second-order valence-corrected chi connectivity index (χ2v) is 20.4. The van der Waals surface area contributed by atoms with E-state index in [9.17, 15) is 14.9 Å². The fourth-order valence-corrected chi connectivity index (χ4v) is 3.58. The van der Waals surface area contributed by atoms with E-state index in [1.54, 1.807) is 0 Å². The molecule has 1 aromatic carbocycles. The third-order valence-electron chi connectivity index (χ3n) is 3.96. The highest BCUT2D eigenvalue weighted by molar-refractivity contribution is 6.76. The molecule has 0 aromatic heterocycles. The molecule has 29 heavy (non-hydrogen) atoms. The molecule has 164 valence electrons. The Morgan fingerprint density at radius 2 is 1.52 bits per heavy atom. The van der Waals surface area contributed by atoms with Crippen LogP contribution in [-0.4, -0.2) is 53.8 Å².